The topological polar surface area (TPSA) is 60.5 Å². The van der Waals surface area contributed by atoms with Crippen molar-refractivity contribution in [2.24, 2.45) is 0 Å². The molecule has 0 saturated heterocycles. The number of carbonyl (C=O) groups excluding carboxylic acids is 1. The molecule has 1 heterocycles. The molecule has 0 aliphatic heterocycles. The fraction of sp³-hybridized carbons (Fsp3) is 0.600. The van der Waals surface area contributed by atoms with E-state index in [0.717, 1.165) is 5.69 Å². The van der Waals surface area contributed by atoms with Crippen molar-refractivity contribution < 1.29 is 14.0 Å². The minimum absolute atomic E-state index is 0.107. The fourth-order valence-electron chi connectivity index (χ4n) is 1.36. The highest BCUT2D eigenvalue weighted by molar-refractivity contribution is 6.74. The number of methoxy groups -OCH3 is 1. The predicted octanol–water partition coefficient (Wildman–Crippen LogP) is 3.19. The molecular formula is C15H26N2O3Si. The van der Waals surface area contributed by atoms with Gasteiger partial charge in [-0.3, -0.25) is 4.79 Å². The summed E-state index contributed by atoms with van der Waals surface area (Å²) >= 11 is 0. The lowest BCUT2D eigenvalue weighted by atomic mass is 10.2. The third-order valence-electron chi connectivity index (χ3n) is 3.84. The van der Waals surface area contributed by atoms with Crippen LogP contribution >= 0.6 is 0 Å². The van der Waals surface area contributed by atoms with Crippen molar-refractivity contribution >= 4 is 20.1 Å². The molecule has 0 atom stereocenters. The summed E-state index contributed by atoms with van der Waals surface area (Å²) < 4.78 is 10.7. The Kier molecular flexibility index (Phi) is 5.92. The SMILES string of the molecule is COC(=O)CNc1cccc(CO[Si](C)(C)C(C)(C)C)n1. The van der Waals surface area contributed by atoms with E-state index in [-0.39, 0.29) is 17.6 Å². The van der Waals surface area contributed by atoms with Crippen LogP contribution in [0.4, 0.5) is 5.82 Å². The van der Waals surface area contributed by atoms with Crippen LogP contribution in [-0.4, -0.2) is 32.9 Å². The third kappa shape index (κ3) is 5.47. The van der Waals surface area contributed by atoms with Crippen LogP contribution in [-0.2, 0) is 20.6 Å². The molecule has 21 heavy (non-hydrogen) atoms. The van der Waals surface area contributed by atoms with Gasteiger partial charge in [-0.05, 0) is 30.3 Å². The second-order valence-electron chi connectivity index (χ2n) is 6.49. The molecule has 0 spiro atoms. The molecule has 0 amide bonds. The van der Waals surface area contributed by atoms with Crippen LogP contribution in [0.2, 0.25) is 18.1 Å². The first kappa shape index (κ1) is 17.6. The summed E-state index contributed by atoms with van der Waals surface area (Å²) in [6.07, 6.45) is 0. The number of nitrogens with zero attached hydrogens (tertiary/aromatic N) is 1. The van der Waals surface area contributed by atoms with E-state index in [1.807, 2.05) is 18.2 Å². The molecular weight excluding hydrogens is 284 g/mol. The van der Waals surface area contributed by atoms with Gasteiger partial charge in [0.25, 0.3) is 0 Å². The molecule has 1 aromatic heterocycles. The summed E-state index contributed by atoms with van der Waals surface area (Å²) in [4.78, 5) is 15.5. The third-order valence-corrected chi connectivity index (χ3v) is 8.31. The normalized spacial score (nSPS) is 12.1. The lowest BCUT2D eigenvalue weighted by molar-refractivity contribution is -0.138. The van der Waals surface area contributed by atoms with E-state index >= 15 is 0 Å². The number of esters is 1. The minimum Gasteiger partial charge on any atom is -0.468 e. The largest absolute Gasteiger partial charge is 0.468 e. The average molecular weight is 310 g/mol. The van der Waals surface area contributed by atoms with E-state index in [2.05, 4.69) is 48.9 Å². The van der Waals surface area contributed by atoms with Gasteiger partial charge in [0.1, 0.15) is 12.4 Å². The van der Waals surface area contributed by atoms with Crippen LogP contribution in [0.3, 0.4) is 0 Å². The number of nitrogens with one attached hydrogen (secondary N) is 1. The smallest absolute Gasteiger partial charge is 0.325 e. The van der Waals surface area contributed by atoms with Crippen LogP contribution in [0.1, 0.15) is 26.5 Å². The van der Waals surface area contributed by atoms with Crippen LogP contribution in [0.25, 0.3) is 0 Å². The Balaban J connectivity index is 2.63. The van der Waals surface area contributed by atoms with Gasteiger partial charge in [0, 0.05) is 0 Å². The quantitative estimate of drug-likeness (QED) is 0.646. The van der Waals surface area contributed by atoms with Crippen molar-refractivity contribution in [1.82, 2.24) is 4.98 Å². The van der Waals surface area contributed by atoms with Gasteiger partial charge in [-0.2, -0.15) is 0 Å². The molecule has 1 aromatic rings. The Morgan fingerprint density at radius 1 is 1.33 bits per heavy atom. The molecule has 0 aromatic carbocycles. The van der Waals surface area contributed by atoms with Gasteiger partial charge in [0.05, 0.1) is 19.4 Å². The average Bonchev–Trinajstić information content (AvgIpc) is 2.42. The summed E-state index contributed by atoms with van der Waals surface area (Å²) in [5.74, 6) is 0.330. The Bertz CT molecular complexity index is 484. The summed E-state index contributed by atoms with van der Waals surface area (Å²) in [7, 11) is -0.420. The van der Waals surface area contributed by atoms with Gasteiger partial charge in [0.2, 0.25) is 0 Å². The lowest BCUT2D eigenvalue weighted by Gasteiger charge is -2.36. The van der Waals surface area contributed by atoms with Crippen molar-refractivity contribution in [3.63, 3.8) is 0 Å². The van der Waals surface area contributed by atoms with E-state index in [4.69, 9.17) is 4.43 Å². The zero-order valence-corrected chi connectivity index (χ0v) is 14.8. The van der Waals surface area contributed by atoms with Crippen molar-refractivity contribution in [2.45, 2.75) is 45.5 Å². The van der Waals surface area contributed by atoms with Gasteiger partial charge in [-0.1, -0.05) is 26.8 Å². The monoisotopic (exact) mass is 310 g/mol. The molecule has 0 fully saturated rings. The number of hydrogen-bond donors (Lipinski definition) is 1. The van der Waals surface area contributed by atoms with E-state index < -0.39 is 8.32 Å². The lowest BCUT2D eigenvalue weighted by Crippen LogP contribution is -2.40. The fourth-order valence-corrected chi connectivity index (χ4v) is 2.31. The molecule has 0 bridgehead atoms. The molecule has 0 aliphatic rings. The first-order chi connectivity index (χ1) is 9.65. The van der Waals surface area contributed by atoms with E-state index in [1.165, 1.54) is 7.11 Å². The molecule has 0 unspecified atom stereocenters. The van der Waals surface area contributed by atoms with Gasteiger partial charge in [0.15, 0.2) is 8.32 Å². The highest BCUT2D eigenvalue weighted by atomic mass is 28.4. The highest BCUT2D eigenvalue weighted by Crippen LogP contribution is 2.36. The van der Waals surface area contributed by atoms with Gasteiger partial charge >= 0.3 is 5.97 Å². The molecule has 0 saturated carbocycles. The highest BCUT2D eigenvalue weighted by Gasteiger charge is 2.37. The van der Waals surface area contributed by atoms with Crippen LogP contribution in [0.15, 0.2) is 18.2 Å². The first-order valence-electron chi connectivity index (χ1n) is 7.06. The Morgan fingerprint density at radius 2 is 2.00 bits per heavy atom. The number of ether oxygens (including phenoxy) is 1. The maximum absolute atomic E-state index is 11.1. The summed E-state index contributed by atoms with van der Waals surface area (Å²) in [6.45, 7) is 11.7. The van der Waals surface area contributed by atoms with E-state index in [0.29, 0.717) is 12.4 Å². The first-order valence-corrected chi connectivity index (χ1v) is 9.97. The van der Waals surface area contributed by atoms with Crippen LogP contribution in [0, 0.1) is 0 Å². The zero-order valence-electron chi connectivity index (χ0n) is 13.8. The van der Waals surface area contributed by atoms with Gasteiger partial charge in [-0.25, -0.2) is 4.98 Å². The maximum atomic E-state index is 11.1. The predicted molar refractivity (Wildman–Crippen MR) is 86.7 cm³/mol. The van der Waals surface area contributed by atoms with Crippen LogP contribution in [0.5, 0.6) is 0 Å². The number of carbonyl (C=O) groups is 1. The van der Waals surface area contributed by atoms with Crippen molar-refractivity contribution in [3.8, 4) is 0 Å². The second-order valence-corrected chi connectivity index (χ2v) is 11.3. The summed E-state index contributed by atoms with van der Waals surface area (Å²) in [5.41, 5.74) is 0.856. The Hall–Kier alpha value is -1.40. The Labute approximate surface area is 128 Å². The number of hydrogen-bond acceptors (Lipinski definition) is 5. The van der Waals surface area contributed by atoms with Crippen LogP contribution < -0.4 is 5.32 Å². The summed E-state index contributed by atoms with van der Waals surface area (Å²) in [5, 5.41) is 3.11. The van der Waals surface area contributed by atoms with Crippen molar-refractivity contribution in [2.75, 3.05) is 19.0 Å². The molecule has 1 N–H and O–H groups in total. The number of rotatable bonds is 6. The minimum atomic E-state index is -1.78. The van der Waals surface area contributed by atoms with Crippen molar-refractivity contribution in [3.05, 3.63) is 23.9 Å². The summed E-state index contributed by atoms with van der Waals surface area (Å²) in [6, 6.07) is 5.65. The Morgan fingerprint density at radius 3 is 2.57 bits per heavy atom. The molecule has 118 valence electrons. The molecule has 5 nitrogen and oxygen atoms in total. The number of pyridine rings is 1. The van der Waals surface area contributed by atoms with E-state index in [1.54, 1.807) is 0 Å². The second kappa shape index (κ2) is 7.04. The zero-order chi connectivity index (χ0) is 16.1. The standard InChI is InChI=1S/C15H26N2O3Si/c1-15(2,3)21(5,6)20-11-12-8-7-9-13(17-12)16-10-14(18)19-4/h7-9H,10-11H2,1-6H3,(H,16,17). The van der Waals surface area contributed by atoms with Crippen molar-refractivity contribution in [1.29, 1.82) is 0 Å². The number of anilines is 1. The van der Waals surface area contributed by atoms with E-state index in [9.17, 15) is 4.79 Å². The maximum Gasteiger partial charge on any atom is 0.325 e. The molecule has 1 rings (SSSR count). The molecule has 0 aliphatic carbocycles. The molecule has 6 heteroatoms. The van der Waals surface area contributed by atoms with Gasteiger partial charge in [-0.15, -0.1) is 0 Å². The molecule has 0 radical (unpaired) electrons. The number of aromatic nitrogens is 1. The van der Waals surface area contributed by atoms with Gasteiger partial charge < -0.3 is 14.5 Å².